The fraction of sp³-hybridized carbons (Fsp3) is 0.462. The number of ether oxygens (including phenoxy) is 1. The Bertz CT molecular complexity index is 367. The molecule has 0 aliphatic rings. The molecule has 18 heavy (non-hydrogen) atoms. The molecule has 0 saturated heterocycles. The third-order valence-electron chi connectivity index (χ3n) is 2.49. The molecule has 0 radical (unpaired) electrons. The minimum atomic E-state index is -0.989. The van der Waals surface area contributed by atoms with Crippen LogP contribution in [0.2, 0.25) is 0 Å². The fourth-order valence-electron chi connectivity index (χ4n) is 1.45. The lowest BCUT2D eigenvalue weighted by Crippen LogP contribution is -2.32. The molecule has 0 aliphatic heterocycles. The van der Waals surface area contributed by atoms with Crippen LogP contribution in [0.5, 0.6) is 5.75 Å². The van der Waals surface area contributed by atoms with Gasteiger partial charge in [0.25, 0.3) is 0 Å². The van der Waals surface area contributed by atoms with Crippen molar-refractivity contribution in [1.29, 1.82) is 0 Å². The average molecular weight is 272 g/mol. The molecule has 100 valence electrons. The van der Waals surface area contributed by atoms with Gasteiger partial charge in [0.2, 0.25) is 0 Å². The summed E-state index contributed by atoms with van der Waals surface area (Å²) in [7, 11) is 0. The van der Waals surface area contributed by atoms with Crippen molar-refractivity contribution < 1.29 is 14.6 Å². The van der Waals surface area contributed by atoms with Crippen LogP contribution in [0.4, 0.5) is 0 Å². The lowest BCUT2D eigenvalue weighted by molar-refractivity contribution is -0.138. The Morgan fingerprint density at radius 2 is 2.00 bits per heavy atom. The number of rotatable bonds is 8. The SMILES string of the molecule is N[C@@H](Cc1ccc(OCCCCCl)cc1)C(=O)O. The smallest absolute Gasteiger partial charge is 0.320 e. The predicted molar refractivity (Wildman–Crippen MR) is 71.2 cm³/mol. The summed E-state index contributed by atoms with van der Waals surface area (Å²) < 4.78 is 5.51. The van der Waals surface area contributed by atoms with Gasteiger partial charge in [0.1, 0.15) is 11.8 Å². The zero-order valence-corrected chi connectivity index (χ0v) is 10.9. The Hall–Kier alpha value is -1.26. The number of unbranched alkanes of at least 4 members (excludes halogenated alkanes) is 1. The van der Waals surface area contributed by atoms with Gasteiger partial charge in [-0.05, 0) is 37.0 Å². The van der Waals surface area contributed by atoms with Gasteiger partial charge in [0.15, 0.2) is 0 Å². The summed E-state index contributed by atoms with van der Waals surface area (Å²) in [4.78, 5) is 10.6. The van der Waals surface area contributed by atoms with Crippen LogP contribution >= 0.6 is 11.6 Å². The second-order valence-corrected chi connectivity index (χ2v) is 4.42. The molecule has 0 heterocycles. The highest BCUT2D eigenvalue weighted by atomic mass is 35.5. The first kappa shape index (κ1) is 14.8. The Kier molecular flexibility index (Phi) is 6.54. The first-order valence-corrected chi connectivity index (χ1v) is 6.43. The van der Waals surface area contributed by atoms with Gasteiger partial charge in [-0.2, -0.15) is 0 Å². The third-order valence-corrected chi connectivity index (χ3v) is 2.76. The number of alkyl halides is 1. The van der Waals surface area contributed by atoms with Crippen LogP contribution in [0.15, 0.2) is 24.3 Å². The van der Waals surface area contributed by atoms with E-state index in [1.807, 2.05) is 24.3 Å². The number of hydrogen-bond acceptors (Lipinski definition) is 3. The third kappa shape index (κ3) is 5.38. The highest BCUT2D eigenvalue weighted by Crippen LogP contribution is 2.13. The molecule has 0 aromatic heterocycles. The molecular formula is C13H18ClNO3. The molecule has 0 spiro atoms. The maximum atomic E-state index is 10.6. The van der Waals surface area contributed by atoms with Crippen molar-refractivity contribution in [3.63, 3.8) is 0 Å². The van der Waals surface area contributed by atoms with Gasteiger partial charge in [-0.3, -0.25) is 4.79 Å². The molecule has 3 N–H and O–H groups in total. The van der Waals surface area contributed by atoms with Crippen LogP contribution in [0.25, 0.3) is 0 Å². The van der Waals surface area contributed by atoms with E-state index in [0.717, 1.165) is 24.2 Å². The van der Waals surface area contributed by atoms with Crippen LogP contribution in [-0.2, 0) is 11.2 Å². The molecule has 1 atom stereocenters. The van der Waals surface area contributed by atoms with E-state index < -0.39 is 12.0 Å². The number of carboxylic acid groups (broad SMARTS) is 1. The van der Waals surface area contributed by atoms with E-state index >= 15 is 0 Å². The highest BCUT2D eigenvalue weighted by Gasteiger charge is 2.11. The van der Waals surface area contributed by atoms with Crippen molar-refractivity contribution in [3.8, 4) is 5.75 Å². The Morgan fingerprint density at radius 1 is 1.33 bits per heavy atom. The van der Waals surface area contributed by atoms with Crippen LogP contribution < -0.4 is 10.5 Å². The number of aliphatic carboxylic acids is 1. The summed E-state index contributed by atoms with van der Waals surface area (Å²) in [5.41, 5.74) is 6.34. The van der Waals surface area contributed by atoms with E-state index in [1.165, 1.54) is 0 Å². The Morgan fingerprint density at radius 3 is 2.56 bits per heavy atom. The Balaban J connectivity index is 2.40. The molecule has 0 fully saturated rings. The van der Waals surface area contributed by atoms with Gasteiger partial charge in [0.05, 0.1) is 6.61 Å². The van der Waals surface area contributed by atoms with Crippen LogP contribution in [-0.4, -0.2) is 29.6 Å². The second kappa shape index (κ2) is 7.95. The minimum Gasteiger partial charge on any atom is -0.494 e. The summed E-state index contributed by atoms with van der Waals surface area (Å²) in [6.45, 7) is 0.640. The number of hydrogen-bond donors (Lipinski definition) is 2. The van der Waals surface area contributed by atoms with E-state index in [-0.39, 0.29) is 0 Å². The van der Waals surface area contributed by atoms with Gasteiger partial charge in [-0.25, -0.2) is 0 Å². The number of carboxylic acids is 1. The highest BCUT2D eigenvalue weighted by molar-refractivity contribution is 6.17. The lowest BCUT2D eigenvalue weighted by atomic mass is 10.1. The van der Waals surface area contributed by atoms with Crippen molar-refractivity contribution in [2.45, 2.75) is 25.3 Å². The molecule has 0 aliphatic carbocycles. The minimum absolute atomic E-state index is 0.321. The number of benzene rings is 1. The second-order valence-electron chi connectivity index (χ2n) is 4.04. The van der Waals surface area contributed by atoms with E-state index in [9.17, 15) is 4.79 Å². The van der Waals surface area contributed by atoms with Gasteiger partial charge in [-0.1, -0.05) is 12.1 Å². The maximum Gasteiger partial charge on any atom is 0.320 e. The monoisotopic (exact) mass is 271 g/mol. The molecule has 0 amide bonds. The van der Waals surface area contributed by atoms with Crippen LogP contribution in [0, 0.1) is 0 Å². The summed E-state index contributed by atoms with van der Waals surface area (Å²) in [6, 6.07) is 6.45. The molecule has 0 saturated carbocycles. The molecule has 1 aromatic rings. The summed E-state index contributed by atoms with van der Waals surface area (Å²) in [5.74, 6) is 0.434. The first-order valence-electron chi connectivity index (χ1n) is 5.89. The standard InChI is InChI=1S/C13H18ClNO3/c14-7-1-2-8-18-11-5-3-10(4-6-11)9-12(15)13(16)17/h3-6,12H,1-2,7-9,15H2,(H,16,17)/t12-/m0/s1. The molecular weight excluding hydrogens is 254 g/mol. The van der Waals surface area contributed by atoms with Crippen LogP contribution in [0.1, 0.15) is 18.4 Å². The van der Waals surface area contributed by atoms with Gasteiger partial charge < -0.3 is 15.6 Å². The summed E-state index contributed by atoms with van der Waals surface area (Å²) >= 11 is 5.56. The predicted octanol–water partition coefficient (Wildman–Crippen LogP) is 2.04. The molecule has 0 bridgehead atoms. The first-order chi connectivity index (χ1) is 8.63. The lowest BCUT2D eigenvalue weighted by Gasteiger charge is -2.08. The van der Waals surface area contributed by atoms with E-state index in [0.29, 0.717) is 18.9 Å². The topological polar surface area (TPSA) is 72.5 Å². The summed E-state index contributed by atoms with van der Waals surface area (Å²) in [6.07, 6.45) is 2.18. The van der Waals surface area contributed by atoms with Gasteiger partial charge in [-0.15, -0.1) is 11.6 Å². The van der Waals surface area contributed by atoms with Crippen molar-refractivity contribution in [2.24, 2.45) is 5.73 Å². The maximum absolute atomic E-state index is 10.6. The van der Waals surface area contributed by atoms with Crippen molar-refractivity contribution >= 4 is 17.6 Å². The van der Waals surface area contributed by atoms with E-state index in [4.69, 9.17) is 27.2 Å². The quantitative estimate of drug-likeness (QED) is 0.561. The zero-order chi connectivity index (χ0) is 13.4. The van der Waals surface area contributed by atoms with Crippen molar-refractivity contribution in [3.05, 3.63) is 29.8 Å². The fourth-order valence-corrected chi connectivity index (χ4v) is 1.64. The van der Waals surface area contributed by atoms with E-state index in [2.05, 4.69) is 0 Å². The number of nitrogens with two attached hydrogens (primary N) is 1. The van der Waals surface area contributed by atoms with Crippen molar-refractivity contribution in [2.75, 3.05) is 12.5 Å². The molecule has 1 rings (SSSR count). The van der Waals surface area contributed by atoms with Gasteiger partial charge in [0, 0.05) is 5.88 Å². The Labute approximate surface area is 112 Å². The zero-order valence-electron chi connectivity index (χ0n) is 10.1. The molecule has 5 heteroatoms. The van der Waals surface area contributed by atoms with E-state index in [1.54, 1.807) is 0 Å². The van der Waals surface area contributed by atoms with Crippen LogP contribution in [0.3, 0.4) is 0 Å². The number of carbonyl (C=O) groups is 1. The largest absolute Gasteiger partial charge is 0.494 e. The molecule has 0 unspecified atom stereocenters. The average Bonchev–Trinajstić information content (AvgIpc) is 2.36. The normalized spacial score (nSPS) is 12.1. The molecule has 4 nitrogen and oxygen atoms in total. The van der Waals surface area contributed by atoms with Crippen molar-refractivity contribution in [1.82, 2.24) is 0 Å². The number of halogens is 1. The summed E-state index contributed by atoms with van der Waals surface area (Å²) in [5, 5.41) is 8.70. The van der Waals surface area contributed by atoms with Gasteiger partial charge >= 0.3 is 5.97 Å². The molecule has 1 aromatic carbocycles.